The van der Waals surface area contributed by atoms with Crippen molar-refractivity contribution in [2.45, 2.75) is 20.3 Å². The highest BCUT2D eigenvalue weighted by Gasteiger charge is 2.14. The topological polar surface area (TPSA) is 77.2 Å². The molecule has 158 valence electrons. The number of hydrogen-bond donors (Lipinski definition) is 3. The number of H-pyrrole nitrogens is 1. The van der Waals surface area contributed by atoms with Crippen molar-refractivity contribution in [1.29, 1.82) is 0 Å². The summed E-state index contributed by atoms with van der Waals surface area (Å²) in [5.74, 6) is -0.266. The van der Waals surface area contributed by atoms with Crippen LogP contribution >= 0.6 is 11.6 Å². The normalized spacial score (nSPS) is 11.1. The van der Waals surface area contributed by atoms with Gasteiger partial charge in [-0.1, -0.05) is 42.8 Å². The fourth-order valence-corrected chi connectivity index (χ4v) is 3.51. The molecule has 0 aliphatic heterocycles. The van der Waals surface area contributed by atoms with Gasteiger partial charge in [0.1, 0.15) is 0 Å². The van der Waals surface area contributed by atoms with Crippen LogP contribution in [0.3, 0.4) is 0 Å². The molecule has 2 amide bonds. The molecule has 0 bridgehead atoms. The number of fused-ring (bicyclic) bond motifs is 1. The molecule has 0 saturated carbocycles. The smallest absolute Gasteiger partial charge is 0.238 e. The third-order valence-electron chi connectivity index (χ3n) is 5.05. The third kappa shape index (κ3) is 5.84. The molecule has 3 rings (SSSR count). The fourth-order valence-electron chi connectivity index (χ4n) is 3.34. The van der Waals surface area contributed by atoms with Crippen molar-refractivity contribution in [2.75, 3.05) is 31.5 Å². The van der Waals surface area contributed by atoms with Crippen LogP contribution in [0.2, 0.25) is 5.02 Å². The van der Waals surface area contributed by atoms with Crippen LogP contribution in [0.1, 0.15) is 18.1 Å². The van der Waals surface area contributed by atoms with Gasteiger partial charge in [-0.2, -0.15) is 0 Å². The number of aromatic amines is 1. The average Bonchev–Trinajstić information content (AvgIpc) is 3.13. The summed E-state index contributed by atoms with van der Waals surface area (Å²) in [5, 5.41) is 7.56. The van der Waals surface area contributed by atoms with Crippen molar-refractivity contribution in [2.24, 2.45) is 0 Å². The number of nitrogens with zero attached hydrogens (tertiary/aromatic N) is 1. The number of halogens is 1. The molecule has 0 radical (unpaired) electrons. The Balaban J connectivity index is 1.45. The zero-order valence-electron chi connectivity index (χ0n) is 17.3. The number of likely N-dealkylation sites (N-methyl/N-ethyl adjacent to an activating group) is 1. The van der Waals surface area contributed by atoms with Gasteiger partial charge in [0.15, 0.2) is 0 Å². The van der Waals surface area contributed by atoms with E-state index in [1.165, 1.54) is 10.9 Å². The molecule has 0 aliphatic rings. The van der Waals surface area contributed by atoms with Gasteiger partial charge in [-0.3, -0.25) is 14.5 Å². The lowest BCUT2D eigenvalue weighted by Crippen LogP contribution is -2.41. The molecule has 1 heterocycles. The van der Waals surface area contributed by atoms with E-state index in [2.05, 4.69) is 21.7 Å². The minimum absolute atomic E-state index is 0.0940. The lowest BCUT2D eigenvalue weighted by atomic mass is 10.1. The first-order chi connectivity index (χ1) is 14.5. The van der Waals surface area contributed by atoms with Crippen molar-refractivity contribution in [1.82, 2.24) is 15.2 Å². The van der Waals surface area contributed by atoms with Crippen LogP contribution in [0.4, 0.5) is 5.69 Å². The number of carbonyl (C=O) groups is 2. The van der Waals surface area contributed by atoms with Gasteiger partial charge >= 0.3 is 0 Å². The Morgan fingerprint density at radius 2 is 1.87 bits per heavy atom. The molecule has 7 heteroatoms. The summed E-state index contributed by atoms with van der Waals surface area (Å²) in [6.45, 7) is 5.29. The molecule has 0 aliphatic carbocycles. The maximum absolute atomic E-state index is 12.4. The van der Waals surface area contributed by atoms with E-state index >= 15 is 0 Å². The molecule has 1 aromatic heterocycles. The molecule has 6 nitrogen and oxygen atoms in total. The van der Waals surface area contributed by atoms with E-state index in [0.717, 1.165) is 17.5 Å². The van der Waals surface area contributed by atoms with Gasteiger partial charge in [0.2, 0.25) is 11.8 Å². The Labute approximate surface area is 181 Å². The van der Waals surface area contributed by atoms with E-state index in [-0.39, 0.29) is 24.9 Å². The maximum Gasteiger partial charge on any atom is 0.238 e. The minimum Gasteiger partial charge on any atom is -0.361 e. The molecular formula is C23H27ClN4O2. The van der Waals surface area contributed by atoms with Crippen molar-refractivity contribution >= 4 is 40.0 Å². The van der Waals surface area contributed by atoms with Crippen LogP contribution in [0.5, 0.6) is 0 Å². The minimum atomic E-state index is -0.172. The number of amides is 2. The summed E-state index contributed by atoms with van der Waals surface area (Å²) in [6.07, 6.45) is 2.73. The molecule has 0 spiro atoms. The summed E-state index contributed by atoms with van der Waals surface area (Å²) < 4.78 is 0. The number of aromatic nitrogens is 1. The van der Waals surface area contributed by atoms with Crippen LogP contribution in [-0.4, -0.2) is 47.9 Å². The van der Waals surface area contributed by atoms with Gasteiger partial charge in [0.25, 0.3) is 0 Å². The number of carbonyl (C=O) groups excluding carboxylic acids is 2. The van der Waals surface area contributed by atoms with Crippen LogP contribution < -0.4 is 10.6 Å². The monoisotopic (exact) mass is 426 g/mol. The largest absolute Gasteiger partial charge is 0.361 e. The lowest BCUT2D eigenvalue weighted by molar-refractivity contribution is -0.123. The summed E-state index contributed by atoms with van der Waals surface area (Å²) >= 11 is 6.00. The Kier molecular flexibility index (Phi) is 7.49. The second kappa shape index (κ2) is 10.3. The number of benzene rings is 2. The Morgan fingerprint density at radius 1 is 1.10 bits per heavy atom. The first-order valence-corrected chi connectivity index (χ1v) is 10.4. The molecule has 0 atom stereocenters. The molecule has 3 aromatic rings. The van der Waals surface area contributed by atoms with Crippen molar-refractivity contribution < 1.29 is 9.59 Å². The van der Waals surface area contributed by atoms with Gasteiger partial charge in [-0.25, -0.2) is 0 Å². The van der Waals surface area contributed by atoms with Crippen LogP contribution in [0.15, 0.2) is 48.7 Å². The first-order valence-electron chi connectivity index (χ1n) is 10.1. The number of anilines is 1. The van der Waals surface area contributed by atoms with Crippen LogP contribution in [0, 0.1) is 6.92 Å². The van der Waals surface area contributed by atoms with E-state index in [0.29, 0.717) is 23.8 Å². The summed E-state index contributed by atoms with van der Waals surface area (Å²) in [7, 11) is 0. The van der Waals surface area contributed by atoms with Gasteiger partial charge in [-0.15, -0.1) is 0 Å². The quantitative estimate of drug-likeness (QED) is 0.487. The second-order valence-electron chi connectivity index (χ2n) is 7.27. The summed E-state index contributed by atoms with van der Waals surface area (Å²) in [5.41, 5.74) is 3.89. The molecule has 0 unspecified atom stereocenters. The summed E-state index contributed by atoms with van der Waals surface area (Å²) in [4.78, 5) is 29.8. The molecule has 0 saturated heterocycles. The predicted octanol–water partition coefficient (Wildman–Crippen LogP) is 3.75. The van der Waals surface area contributed by atoms with Gasteiger partial charge in [0.05, 0.1) is 13.1 Å². The van der Waals surface area contributed by atoms with Crippen molar-refractivity contribution in [3.63, 3.8) is 0 Å². The number of nitrogens with one attached hydrogen (secondary N) is 3. The molecule has 30 heavy (non-hydrogen) atoms. The third-order valence-corrected chi connectivity index (χ3v) is 5.28. The van der Waals surface area contributed by atoms with Gasteiger partial charge in [-0.05, 0) is 49.2 Å². The van der Waals surface area contributed by atoms with E-state index in [1.807, 2.05) is 44.3 Å². The van der Waals surface area contributed by atoms with E-state index in [9.17, 15) is 9.59 Å². The van der Waals surface area contributed by atoms with Crippen LogP contribution in [0.25, 0.3) is 10.9 Å². The molecule has 2 aromatic carbocycles. The maximum atomic E-state index is 12.4. The number of rotatable bonds is 9. The summed E-state index contributed by atoms with van der Waals surface area (Å²) in [6, 6.07) is 13.5. The Bertz CT molecular complexity index is 1030. The zero-order valence-corrected chi connectivity index (χ0v) is 18.1. The van der Waals surface area contributed by atoms with Crippen molar-refractivity contribution in [3.8, 4) is 0 Å². The highest BCUT2D eigenvalue weighted by Crippen LogP contribution is 2.20. The second-order valence-corrected chi connectivity index (χ2v) is 7.71. The molecule has 0 fully saturated rings. The Morgan fingerprint density at radius 3 is 2.67 bits per heavy atom. The Hall–Kier alpha value is -2.83. The standard InChI is InChI=1S/C23H27ClN4O2/c1-3-28(15-23(30)27-21-12-18(24)9-8-16(21)2)14-22(29)25-11-10-17-13-26-20-7-5-4-6-19(17)20/h4-9,12-13,26H,3,10-11,14-15H2,1-2H3,(H,25,29)(H,27,30). The predicted molar refractivity (Wildman–Crippen MR) is 122 cm³/mol. The zero-order chi connectivity index (χ0) is 21.5. The highest BCUT2D eigenvalue weighted by molar-refractivity contribution is 6.31. The average molecular weight is 427 g/mol. The van der Waals surface area contributed by atoms with E-state index < -0.39 is 0 Å². The van der Waals surface area contributed by atoms with Gasteiger partial charge in [0, 0.05) is 34.4 Å². The number of aryl methyl sites for hydroxylation is 1. The lowest BCUT2D eigenvalue weighted by Gasteiger charge is -2.19. The van der Waals surface area contributed by atoms with Gasteiger partial charge < -0.3 is 15.6 Å². The van der Waals surface area contributed by atoms with Crippen molar-refractivity contribution in [3.05, 3.63) is 64.8 Å². The number of hydrogen-bond acceptors (Lipinski definition) is 3. The first kappa shape index (κ1) is 21.9. The molecule has 3 N–H and O–H groups in total. The molecular weight excluding hydrogens is 400 g/mol. The van der Waals surface area contributed by atoms with E-state index in [4.69, 9.17) is 11.6 Å². The fraction of sp³-hybridized carbons (Fsp3) is 0.304. The van der Waals surface area contributed by atoms with E-state index in [1.54, 1.807) is 17.0 Å². The SMILES string of the molecule is CCN(CC(=O)NCCc1c[nH]c2ccccc12)CC(=O)Nc1cc(Cl)ccc1C. The highest BCUT2D eigenvalue weighted by atomic mass is 35.5. The van der Waals surface area contributed by atoms with Crippen LogP contribution in [-0.2, 0) is 16.0 Å². The number of para-hydroxylation sites is 1.